The van der Waals surface area contributed by atoms with Crippen molar-refractivity contribution in [3.05, 3.63) is 0 Å². The fraction of sp³-hybridized carbons (Fsp3) is 0.933. The summed E-state index contributed by atoms with van der Waals surface area (Å²) in [5, 5.41) is 6.85. The van der Waals surface area contributed by atoms with Crippen LogP contribution in [0.15, 0.2) is 4.99 Å². The zero-order valence-electron chi connectivity index (χ0n) is 12.8. The Bertz CT molecular complexity index is 293. The fourth-order valence-corrected chi connectivity index (χ4v) is 3.00. The smallest absolute Gasteiger partial charge is 0.191 e. The molecule has 1 fully saturated rings. The molecule has 2 rings (SSSR count). The van der Waals surface area contributed by atoms with E-state index in [1.54, 1.807) is 0 Å². The number of piperidine rings is 1. The van der Waals surface area contributed by atoms with E-state index in [-0.39, 0.29) is 0 Å². The number of likely N-dealkylation sites (tertiary alicyclic amines) is 1. The monoisotopic (exact) mass is 266 g/mol. The standard InChI is InChI=1S/C15H30N4/c1-12(2)14(19-9-5-13(3)6-10-19)11-18-15-16-7-4-8-17-15/h12-14H,4-11H2,1-3H3,(H2,16,17,18). The van der Waals surface area contributed by atoms with E-state index in [1.807, 2.05) is 0 Å². The molecule has 0 aromatic heterocycles. The van der Waals surface area contributed by atoms with Gasteiger partial charge in [0, 0.05) is 25.7 Å². The van der Waals surface area contributed by atoms with Crippen molar-refractivity contribution >= 4 is 5.96 Å². The van der Waals surface area contributed by atoms with Gasteiger partial charge in [-0.2, -0.15) is 0 Å². The molecule has 4 heteroatoms. The molecule has 0 spiro atoms. The minimum Gasteiger partial charge on any atom is -0.356 e. The first-order valence-corrected chi connectivity index (χ1v) is 7.93. The van der Waals surface area contributed by atoms with E-state index in [2.05, 4.69) is 41.3 Å². The fourth-order valence-electron chi connectivity index (χ4n) is 3.00. The maximum atomic E-state index is 4.49. The third-order valence-electron chi connectivity index (χ3n) is 4.43. The van der Waals surface area contributed by atoms with Gasteiger partial charge in [-0.25, -0.2) is 0 Å². The van der Waals surface area contributed by atoms with Gasteiger partial charge in [0.15, 0.2) is 5.96 Å². The summed E-state index contributed by atoms with van der Waals surface area (Å²) in [6.45, 7) is 12.6. The van der Waals surface area contributed by atoms with E-state index >= 15 is 0 Å². The topological polar surface area (TPSA) is 39.7 Å². The highest BCUT2D eigenvalue weighted by Gasteiger charge is 2.25. The molecule has 4 nitrogen and oxygen atoms in total. The van der Waals surface area contributed by atoms with Crippen molar-refractivity contribution in [2.45, 2.75) is 46.1 Å². The van der Waals surface area contributed by atoms with Crippen molar-refractivity contribution in [3.63, 3.8) is 0 Å². The number of rotatable bonds is 4. The van der Waals surface area contributed by atoms with E-state index < -0.39 is 0 Å². The zero-order chi connectivity index (χ0) is 13.7. The van der Waals surface area contributed by atoms with Crippen LogP contribution >= 0.6 is 0 Å². The number of guanidine groups is 1. The van der Waals surface area contributed by atoms with Crippen molar-refractivity contribution < 1.29 is 0 Å². The quantitative estimate of drug-likeness (QED) is 0.813. The number of hydrogen-bond acceptors (Lipinski definition) is 4. The second kappa shape index (κ2) is 7.13. The Kier molecular flexibility index (Phi) is 5.49. The Morgan fingerprint density at radius 2 is 2.11 bits per heavy atom. The lowest BCUT2D eigenvalue weighted by Crippen LogP contribution is -2.52. The summed E-state index contributed by atoms with van der Waals surface area (Å²) in [4.78, 5) is 7.16. The molecule has 2 N–H and O–H groups in total. The van der Waals surface area contributed by atoms with E-state index in [4.69, 9.17) is 0 Å². The largest absolute Gasteiger partial charge is 0.356 e. The SMILES string of the molecule is CC1CCN(C(CNC2=NCCCN2)C(C)C)CC1. The van der Waals surface area contributed by atoms with Gasteiger partial charge < -0.3 is 10.6 Å². The molecule has 110 valence electrons. The Morgan fingerprint density at radius 3 is 2.68 bits per heavy atom. The number of hydrogen-bond donors (Lipinski definition) is 2. The summed E-state index contributed by atoms with van der Waals surface area (Å²) in [5.41, 5.74) is 0. The molecule has 0 radical (unpaired) electrons. The molecular weight excluding hydrogens is 236 g/mol. The molecule has 0 amide bonds. The second-order valence-electron chi connectivity index (χ2n) is 6.42. The summed E-state index contributed by atoms with van der Waals surface area (Å²) in [7, 11) is 0. The lowest BCUT2D eigenvalue weighted by Gasteiger charge is -2.39. The molecular formula is C15H30N4. The first-order chi connectivity index (χ1) is 9.16. The molecule has 0 bridgehead atoms. The number of nitrogens with zero attached hydrogens (tertiary/aromatic N) is 2. The average Bonchev–Trinajstić information content (AvgIpc) is 2.42. The van der Waals surface area contributed by atoms with Crippen LogP contribution in [0.3, 0.4) is 0 Å². The predicted octanol–water partition coefficient (Wildman–Crippen LogP) is 1.68. The summed E-state index contributed by atoms with van der Waals surface area (Å²) in [6, 6.07) is 0.624. The van der Waals surface area contributed by atoms with E-state index in [9.17, 15) is 0 Å². The summed E-state index contributed by atoms with van der Waals surface area (Å²) in [6.07, 6.45) is 3.85. The minimum absolute atomic E-state index is 0.624. The third-order valence-corrected chi connectivity index (χ3v) is 4.43. The highest BCUT2D eigenvalue weighted by atomic mass is 15.2. The Labute approximate surface area is 118 Å². The van der Waals surface area contributed by atoms with Crippen LogP contribution in [0, 0.1) is 11.8 Å². The molecule has 19 heavy (non-hydrogen) atoms. The van der Waals surface area contributed by atoms with Crippen LogP contribution in [0.25, 0.3) is 0 Å². The van der Waals surface area contributed by atoms with E-state index in [0.29, 0.717) is 12.0 Å². The third kappa shape index (κ3) is 4.37. The maximum absolute atomic E-state index is 4.49. The van der Waals surface area contributed by atoms with E-state index in [0.717, 1.165) is 37.9 Å². The first-order valence-electron chi connectivity index (χ1n) is 7.93. The van der Waals surface area contributed by atoms with Crippen LogP contribution in [-0.2, 0) is 0 Å². The second-order valence-corrected chi connectivity index (χ2v) is 6.42. The molecule has 2 aliphatic heterocycles. The lowest BCUT2D eigenvalue weighted by atomic mass is 9.94. The van der Waals surface area contributed by atoms with Crippen LogP contribution in [0.2, 0.25) is 0 Å². The van der Waals surface area contributed by atoms with Crippen LogP contribution in [-0.4, -0.2) is 49.6 Å². The molecule has 0 saturated carbocycles. The molecule has 2 heterocycles. The predicted molar refractivity (Wildman–Crippen MR) is 81.5 cm³/mol. The van der Waals surface area contributed by atoms with Gasteiger partial charge >= 0.3 is 0 Å². The van der Waals surface area contributed by atoms with Gasteiger partial charge in [0.1, 0.15) is 0 Å². The van der Waals surface area contributed by atoms with E-state index in [1.165, 1.54) is 25.9 Å². The zero-order valence-corrected chi connectivity index (χ0v) is 12.8. The van der Waals surface area contributed by atoms with Gasteiger partial charge in [0.25, 0.3) is 0 Å². The Morgan fingerprint density at radius 1 is 1.37 bits per heavy atom. The van der Waals surface area contributed by atoms with Gasteiger partial charge in [-0.15, -0.1) is 0 Å². The van der Waals surface area contributed by atoms with Gasteiger partial charge in [-0.3, -0.25) is 9.89 Å². The van der Waals surface area contributed by atoms with Crippen molar-refractivity contribution in [1.29, 1.82) is 0 Å². The van der Waals surface area contributed by atoms with Crippen LogP contribution in [0.5, 0.6) is 0 Å². The van der Waals surface area contributed by atoms with Crippen LogP contribution < -0.4 is 10.6 Å². The summed E-state index contributed by atoms with van der Waals surface area (Å²) < 4.78 is 0. The molecule has 0 aromatic rings. The first kappa shape index (κ1) is 14.6. The van der Waals surface area contributed by atoms with Gasteiger partial charge in [-0.1, -0.05) is 20.8 Å². The molecule has 0 aliphatic carbocycles. The highest BCUT2D eigenvalue weighted by Crippen LogP contribution is 2.20. The molecule has 2 aliphatic rings. The van der Waals surface area contributed by atoms with Gasteiger partial charge in [-0.05, 0) is 44.2 Å². The molecule has 1 unspecified atom stereocenters. The molecule has 0 aromatic carbocycles. The van der Waals surface area contributed by atoms with Crippen molar-refractivity contribution in [2.24, 2.45) is 16.8 Å². The molecule has 1 atom stereocenters. The van der Waals surface area contributed by atoms with Crippen molar-refractivity contribution in [1.82, 2.24) is 15.5 Å². The van der Waals surface area contributed by atoms with Gasteiger partial charge in [0.05, 0.1) is 0 Å². The lowest BCUT2D eigenvalue weighted by molar-refractivity contribution is 0.110. The summed E-state index contributed by atoms with van der Waals surface area (Å²) in [5.74, 6) is 2.59. The molecule has 1 saturated heterocycles. The van der Waals surface area contributed by atoms with Crippen LogP contribution in [0.4, 0.5) is 0 Å². The highest BCUT2D eigenvalue weighted by molar-refractivity contribution is 5.80. The Balaban J connectivity index is 1.83. The average molecular weight is 266 g/mol. The summed E-state index contributed by atoms with van der Waals surface area (Å²) >= 11 is 0. The normalized spacial score (nSPS) is 23.9. The number of aliphatic imine (C=N–C) groups is 1. The maximum Gasteiger partial charge on any atom is 0.191 e. The van der Waals surface area contributed by atoms with Crippen LogP contribution in [0.1, 0.15) is 40.0 Å². The minimum atomic E-state index is 0.624. The number of nitrogens with one attached hydrogen (secondary N) is 2. The van der Waals surface area contributed by atoms with Crippen molar-refractivity contribution in [3.8, 4) is 0 Å². The Hall–Kier alpha value is -0.770. The van der Waals surface area contributed by atoms with Crippen molar-refractivity contribution in [2.75, 3.05) is 32.7 Å². The van der Waals surface area contributed by atoms with Gasteiger partial charge in [0.2, 0.25) is 0 Å².